The predicted molar refractivity (Wildman–Crippen MR) is 72.4 cm³/mol. The minimum absolute atomic E-state index is 0.241. The Bertz CT molecular complexity index is 728. The van der Waals surface area contributed by atoms with Crippen molar-refractivity contribution in [1.82, 2.24) is 4.57 Å². The Labute approximate surface area is 109 Å². The summed E-state index contributed by atoms with van der Waals surface area (Å²) in [6.07, 6.45) is 2.24. The second-order valence-electron chi connectivity index (χ2n) is 4.06. The summed E-state index contributed by atoms with van der Waals surface area (Å²) in [6.45, 7) is 0. The Morgan fingerprint density at radius 2 is 2.11 bits per heavy atom. The van der Waals surface area contributed by atoms with Crippen LogP contribution in [0.25, 0.3) is 17.0 Å². The molecule has 0 saturated carbocycles. The van der Waals surface area contributed by atoms with Gasteiger partial charge in [0.15, 0.2) is 0 Å². The number of pyridine rings is 1. The summed E-state index contributed by atoms with van der Waals surface area (Å²) < 4.78 is 6.61. The minimum atomic E-state index is -1.09. The maximum atomic E-state index is 12.0. The second-order valence-corrected chi connectivity index (χ2v) is 4.06. The van der Waals surface area contributed by atoms with Gasteiger partial charge in [-0.15, -0.1) is 0 Å². The van der Waals surface area contributed by atoms with Gasteiger partial charge < -0.3 is 14.4 Å². The predicted octanol–water partition coefficient (Wildman–Crippen LogP) is 1.64. The lowest BCUT2D eigenvalue weighted by Gasteiger charge is -2.08. The summed E-state index contributed by atoms with van der Waals surface area (Å²) in [7, 11) is 3.21. The van der Waals surface area contributed by atoms with Crippen LogP contribution in [0.3, 0.4) is 0 Å². The first-order valence-corrected chi connectivity index (χ1v) is 5.61. The fraction of sp³-hybridized carbons (Fsp3) is 0.143. The normalized spacial score (nSPS) is 11.1. The van der Waals surface area contributed by atoms with Gasteiger partial charge in [-0.05, 0) is 30.3 Å². The quantitative estimate of drug-likeness (QED) is 0.851. The van der Waals surface area contributed by atoms with E-state index in [4.69, 9.17) is 9.84 Å². The molecule has 1 aromatic heterocycles. The van der Waals surface area contributed by atoms with E-state index in [9.17, 15) is 9.59 Å². The van der Waals surface area contributed by atoms with Crippen molar-refractivity contribution in [3.8, 4) is 5.75 Å². The van der Waals surface area contributed by atoms with Crippen LogP contribution in [-0.2, 0) is 11.8 Å². The standard InChI is InChI=1S/C14H13NO4/c1-15-12-5-4-11(19-2)8-10(12)7-9(14(15)18)3-6-13(16)17/h3-8H,1-2H3,(H,16,17)/b6-3-. The highest BCUT2D eigenvalue weighted by Crippen LogP contribution is 2.20. The molecule has 5 nitrogen and oxygen atoms in total. The fourth-order valence-corrected chi connectivity index (χ4v) is 1.89. The number of fused-ring (bicyclic) bond motifs is 1. The van der Waals surface area contributed by atoms with E-state index < -0.39 is 5.97 Å². The molecule has 5 heteroatoms. The third kappa shape index (κ3) is 2.49. The lowest BCUT2D eigenvalue weighted by molar-refractivity contribution is -0.131. The van der Waals surface area contributed by atoms with Crippen LogP contribution in [0, 0.1) is 0 Å². The van der Waals surface area contributed by atoms with Crippen molar-refractivity contribution in [2.75, 3.05) is 7.11 Å². The average molecular weight is 259 g/mol. The van der Waals surface area contributed by atoms with Crippen molar-refractivity contribution < 1.29 is 14.6 Å². The highest BCUT2D eigenvalue weighted by Gasteiger charge is 2.06. The third-order valence-corrected chi connectivity index (χ3v) is 2.86. The number of aromatic nitrogens is 1. The molecule has 0 bridgehead atoms. The molecule has 2 aromatic rings. The highest BCUT2D eigenvalue weighted by molar-refractivity contribution is 5.87. The van der Waals surface area contributed by atoms with Crippen LogP contribution in [0.15, 0.2) is 35.1 Å². The first-order valence-electron chi connectivity index (χ1n) is 5.61. The van der Waals surface area contributed by atoms with Crippen molar-refractivity contribution in [3.05, 3.63) is 46.3 Å². The summed E-state index contributed by atoms with van der Waals surface area (Å²) in [5.74, 6) is -0.410. The first kappa shape index (κ1) is 12.9. The smallest absolute Gasteiger partial charge is 0.328 e. The molecule has 98 valence electrons. The first-order chi connectivity index (χ1) is 9.02. The number of carboxylic acids is 1. The van der Waals surface area contributed by atoms with Crippen LogP contribution in [0.2, 0.25) is 0 Å². The summed E-state index contributed by atoms with van der Waals surface area (Å²) >= 11 is 0. The maximum Gasteiger partial charge on any atom is 0.328 e. The van der Waals surface area contributed by atoms with Gasteiger partial charge in [-0.1, -0.05) is 0 Å². The van der Waals surface area contributed by atoms with Gasteiger partial charge in [-0.25, -0.2) is 4.79 Å². The minimum Gasteiger partial charge on any atom is -0.497 e. The van der Waals surface area contributed by atoms with E-state index >= 15 is 0 Å². The summed E-state index contributed by atoms with van der Waals surface area (Å²) in [5, 5.41) is 9.43. The zero-order valence-electron chi connectivity index (χ0n) is 10.6. The average Bonchev–Trinajstić information content (AvgIpc) is 2.40. The van der Waals surface area contributed by atoms with Gasteiger partial charge in [0.05, 0.1) is 12.6 Å². The molecular weight excluding hydrogens is 246 g/mol. The molecule has 1 N–H and O–H groups in total. The molecule has 0 saturated heterocycles. The van der Waals surface area contributed by atoms with E-state index in [-0.39, 0.29) is 5.56 Å². The van der Waals surface area contributed by atoms with Gasteiger partial charge in [0.1, 0.15) is 5.75 Å². The molecule has 2 rings (SSSR count). The van der Waals surface area contributed by atoms with E-state index in [2.05, 4.69) is 0 Å². The van der Waals surface area contributed by atoms with E-state index in [1.54, 1.807) is 38.4 Å². The number of methoxy groups -OCH3 is 1. The fourth-order valence-electron chi connectivity index (χ4n) is 1.89. The van der Waals surface area contributed by atoms with Crippen LogP contribution in [-0.4, -0.2) is 22.8 Å². The van der Waals surface area contributed by atoms with Gasteiger partial charge in [-0.3, -0.25) is 4.79 Å². The topological polar surface area (TPSA) is 68.5 Å². The monoisotopic (exact) mass is 259 g/mol. The molecule has 0 fully saturated rings. The molecule has 0 atom stereocenters. The van der Waals surface area contributed by atoms with Crippen LogP contribution in [0.1, 0.15) is 5.56 Å². The van der Waals surface area contributed by atoms with Gasteiger partial charge in [-0.2, -0.15) is 0 Å². The summed E-state index contributed by atoms with van der Waals surface area (Å²) in [6, 6.07) is 7.02. The van der Waals surface area contributed by atoms with Crippen LogP contribution >= 0.6 is 0 Å². The number of nitrogens with zero attached hydrogens (tertiary/aromatic N) is 1. The molecule has 0 amide bonds. The van der Waals surface area contributed by atoms with E-state index in [0.717, 1.165) is 17.0 Å². The molecule has 0 aliphatic heterocycles. The number of benzene rings is 1. The number of carboxylic acid groups (broad SMARTS) is 1. The number of ether oxygens (including phenoxy) is 1. The Morgan fingerprint density at radius 3 is 2.74 bits per heavy atom. The molecular formula is C14H13NO4. The van der Waals surface area contributed by atoms with E-state index in [1.807, 2.05) is 0 Å². The highest BCUT2D eigenvalue weighted by atomic mass is 16.5. The maximum absolute atomic E-state index is 12.0. The molecule has 0 aliphatic rings. The lowest BCUT2D eigenvalue weighted by Crippen LogP contribution is -2.19. The zero-order chi connectivity index (χ0) is 14.0. The van der Waals surface area contributed by atoms with Crippen LogP contribution < -0.4 is 10.3 Å². The van der Waals surface area contributed by atoms with Gasteiger partial charge in [0.25, 0.3) is 5.56 Å². The second kappa shape index (κ2) is 4.97. The number of aryl methyl sites for hydroxylation is 1. The molecule has 0 radical (unpaired) electrons. The van der Waals surface area contributed by atoms with Crippen molar-refractivity contribution in [2.45, 2.75) is 0 Å². The van der Waals surface area contributed by atoms with Gasteiger partial charge in [0, 0.05) is 24.1 Å². The van der Waals surface area contributed by atoms with Gasteiger partial charge >= 0.3 is 5.97 Å². The lowest BCUT2D eigenvalue weighted by atomic mass is 10.1. The zero-order valence-corrected chi connectivity index (χ0v) is 10.6. The Hall–Kier alpha value is -2.56. The van der Waals surface area contributed by atoms with Crippen LogP contribution in [0.4, 0.5) is 0 Å². The van der Waals surface area contributed by atoms with E-state index in [0.29, 0.717) is 11.3 Å². The number of carbonyl (C=O) groups is 1. The number of rotatable bonds is 3. The molecule has 0 unspecified atom stereocenters. The Balaban J connectivity index is 2.69. The molecule has 1 aromatic carbocycles. The van der Waals surface area contributed by atoms with Crippen molar-refractivity contribution >= 4 is 22.9 Å². The number of hydrogen-bond acceptors (Lipinski definition) is 3. The number of aliphatic carboxylic acids is 1. The number of hydrogen-bond donors (Lipinski definition) is 1. The molecule has 0 spiro atoms. The molecule has 1 heterocycles. The largest absolute Gasteiger partial charge is 0.497 e. The molecule has 0 aliphatic carbocycles. The van der Waals surface area contributed by atoms with Crippen molar-refractivity contribution in [3.63, 3.8) is 0 Å². The van der Waals surface area contributed by atoms with Gasteiger partial charge in [0.2, 0.25) is 0 Å². The SMILES string of the molecule is COc1ccc2c(c1)cc(/C=C\C(=O)O)c(=O)n2C. The van der Waals surface area contributed by atoms with Crippen molar-refractivity contribution in [1.29, 1.82) is 0 Å². The van der Waals surface area contributed by atoms with Crippen molar-refractivity contribution in [2.24, 2.45) is 7.05 Å². The third-order valence-electron chi connectivity index (χ3n) is 2.86. The summed E-state index contributed by atoms with van der Waals surface area (Å²) in [4.78, 5) is 22.6. The Morgan fingerprint density at radius 1 is 1.37 bits per heavy atom. The Kier molecular flexibility index (Phi) is 3.37. The molecule has 19 heavy (non-hydrogen) atoms. The summed E-state index contributed by atoms with van der Waals surface area (Å²) in [5.41, 5.74) is 0.846. The van der Waals surface area contributed by atoms with Crippen LogP contribution in [0.5, 0.6) is 5.75 Å². The van der Waals surface area contributed by atoms with E-state index in [1.165, 1.54) is 10.6 Å².